The number of pyridine rings is 1. The molecule has 0 bridgehead atoms. The van der Waals surface area contributed by atoms with E-state index < -0.39 is 10.0 Å². The number of anilines is 1. The lowest BCUT2D eigenvalue weighted by Gasteiger charge is -2.36. The molecule has 3 aromatic rings. The Bertz CT molecular complexity index is 1070. The number of sulfonamides is 1. The standard InChI is InChI=1S/C18H21ClN6O2S/c1-12-5-7-25(28(26,27)14-2-3-16(19)21-9-14)10-13(12)8-22-18-15-4-6-20-17(15)23-11-24-18/h2-4,6,9,11-13H,5,7-8,10H2,1H3,(H2,20,22,23,24). The predicted octanol–water partition coefficient (Wildman–Crippen LogP) is 2.77. The van der Waals surface area contributed by atoms with Crippen molar-refractivity contribution in [2.24, 2.45) is 11.8 Å². The van der Waals surface area contributed by atoms with E-state index in [1.807, 2.05) is 12.3 Å². The Labute approximate surface area is 168 Å². The Morgan fingerprint density at radius 3 is 2.93 bits per heavy atom. The summed E-state index contributed by atoms with van der Waals surface area (Å²) in [6.45, 7) is 3.73. The van der Waals surface area contributed by atoms with Crippen LogP contribution in [0.25, 0.3) is 11.0 Å². The van der Waals surface area contributed by atoms with Crippen molar-refractivity contribution in [2.45, 2.75) is 18.2 Å². The average molecular weight is 421 g/mol. The molecule has 3 aromatic heterocycles. The topological polar surface area (TPSA) is 104 Å². The summed E-state index contributed by atoms with van der Waals surface area (Å²) in [7, 11) is -3.59. The molecule has 1 aliphatic heterocycles. The van der Waals surface area contributed by atoms with Crippen molar-refractivity contribution >= 4 is 38.5 Å². The molecule has 0 saturated carbocycles. The van der Waals surface area contributed by atoms with E-state index in [1.54, 1.807) is 0 Å². The van der Waals surface area contributed by atoms with Crippen LogP contribution in [0, 0.1) is 11.8 Å². The smallest absolute Gasteiger partial charge is 0.244 e. The Morgan fingerprint density at radius 1 is 1.29 bits per heavy atom. The Kier molecular flexibility index (Phi) is 5.22. The number of fused-ring (bicyclic) bond motifs is 1. The van der Waals surface area contributed by atoms with E-state index >= 15 is 0 Å². The molecule has 1 aliphatic rings. The normalized spacial score (nSPS) is 21.1. The third-order valence-corrected chi connectivity index (χ3v) is 7.37. The van der Waals surface area contributed by atoms with Crippen molar-refractivity contribution < 1.29 is 8.42 Å². The van der Waals surface area contributed by atoms with Crippen LogP contribution in [0.1, 0.15) is 13.3 Å². The van der Waals surface area contributed by atoms with Gasteiger partial charge in [-0.3, -0.25) is 0 Å². The van der Waals surface area contributed by atoms with E-state index in [4.69, 9.17) is 11.6 Å². The summed E-state index contributed by atoms with van der Waals surface area (Å²) in [5, 5.41) is 4.56. The van der Waals surface area contributed by atoms with E-state index in [9.17, 15) is 8.42 Å². The lowest BCUT2D eigenvalue weighted by atomic mass is 9.88. The van der Waals surface area contributed by atoms with Crippen LogP contribution in [0.15, 0.2) is 41.8 Å². The summed E-state index contributed by atoms with van der Waals surface area (Å²) in [4.78, 5) is 15.6. The molecule has 0 amide bonds. The SMILES string of the molecule is CC1CCN(S(=O)(=O)c2ccc(Cl)nc2)CC1CNc1ncnc2[nH]ccc12. The minimum absolute atomic E-state index is 0.160. The van der Waals surface area contributed by atoms with Gasteiger partial charge in [-0.2, -0.15) is 4.31 Å². The quantitative estimate of drug-likeness (QED) is 0.615. The summed E-state index contributed by atoms with van der Waals surface area (Å²) in [6, 6.07) is 4.92. The van der Waals surface area contributed by atoms with Gasteiger partial charge in [-0.1, -0.05) is 18.5 Å². The number of piperidine rings is 1. The van der Waals surface area contributed by atoms with Gasteiger partial charge in [0.2, 0.25) is 10.0 Å². The predicted molar refractivity (Wildman–Crippen MR) is 108 cm³/mol. The maximum absolute atomic E-state index is 13.0. The van der Waals surface area contributed by atoms with Gasteiger partial charge in [0, 0.05) is 32.0 Å². The molecule has 4 rings (SSSR count). The fourth-order valence-corrected chi connectivity index (χ4v) is 5.07. The number of H-pyrrole nitrogens is 1. The molecule has 1 saturated heterocycles. The van der Waals surface area contributed by atoms with Crippen LogP contribution >= 0.6 is 11.6 Å². The van der Waals surface area contributed by atoms with Gasteiger partial charge in [0.05, 0.1) is 5.39 Å². The molecular formula is C18H21ClN6O2S. The van der Waals surface area contributed by atoms with Crippen LogP contribution in [0.2, 0.25) is 5.15 Å². The summed E-state index contributed by atoms with van der Waals surface area (Å²) in [5.41, 5.74) is 0.772. The first-order chi connectivity index (χ1) is 13.4. The van der Waals surface area contributed by atoms with Crippen molar-refractivity contribution in [3.05, 3.63) is 42.1 Å². The second-order valence-electron chi connectivity index (χ2n) is 7.05. The minimum atomic E-state index is -3.59. The van der Waals surface area contributed by atoms with E-state index in [0.717, 1.165) is 23.3 Å². The molecule has 0 aromatic carbocycles. The molecular weight excluding hydrogens is 400 g/mol. The summed E-state index contributed by atoms with van der Waals surface area (Å²) < 4.78 is 27.5. The molecule has 148 valence electrons. The van der Waals surface area contributed by atoms with Crippen LogP contribution in [0.4, 0.5) is 5.82 Å². The molecule has 2 N–H and O–H groups in total. The summed E-state index contributed by atoms with van der Waals surface area (Å²) in [6.07, 6.45) is 5.44. The molecule has 2 atom stereocenters. The second kappa shape index (κ2) is 7.65. The molecule has 2 unspecified atom stereocenters. The first kappa shape index (κ1) is 19.1. The van der Waals surface area contributed by atoms with Gasteiger partial charge in [0.15, 0.2) is 0 Å². The average Bonchev–Trinajstić information content (AvgIpc) is 3.17. The van der Waals surface area contributed by atoms with Gasteiger partial charge in [-0.15, -0.1) is 0 Å². The van der Waals surface area contributed by atoms with Gasteiger partial charge >= 0.3 is 0 Å². The highest BCUT2D eigenvalue weighted by Gasteiger charge is 2.34. The molecule has 8 nitrogen and oxygen atoms in total. The third kappa shape index (κ3) is 3.69. The van der Waals surface area contributed by atoms with Gasteiger partial charge in [0.25, 0.3) is 0 Å². The number of aromatic amines is 1. The van der Waals surface area contributed by atoms with E-state index in [-0.39, 0.29) is 16.0 Å². The highest BCUT2D eigenvalue weighted by atomic mass is 35.5. The first-order valence-electron chi connectivity index (χ1n) is 9.09. The molecule has 28 heavy (non-hydrogen) atoms. The zero-order chi connectivity index (χ0) is 19.7. The fraction of sp³-hybridized carbons (Fsp3) is 0.389. The monoisotopic (exact) mass is 420 g/mol. The van der Waals surface area contributed by atoms with Crippen LogP contribution in [0.3, 0.4) is 0 Å². The Hall–Kier alpha value is -2.23. The maximum atomic E-state index is 13.0. The van der Waals surface area contributed by atoms with Gasteiger partial charge in [-0.25, -0.2) is 23.4 Å². The lowest BCUT2D eigenvalue weighted by Crippen LogP contribution is -2.45. The van der Waals surface area contributed by atoms with Crippen LogP contribution < -0.4 is 5.32 Å². The lowest BCUT2D eigenvalue weighted by molar-refractivity contribution is 0.207. The number of rotatable bonds is 5. The number of hydrogen-bond acceptors (Lipinski definition) is 6. The Morgan fingerprint density at radius 2 is 2.14 bits per heavy atom. The molecule has 10 heteroatoms. The third-order valence-electron chi connectivity index (χ3n) is 5.30. The maximum Gasteiger partial charge on any atom is 0.244 e. The highest BCUT2D eigenvalue weighted by Crippen LogP contribution is 2.28. The van der Waals surface area contributed by atoms with E-state index in [2.05, 4.69) is 32.2 Å². The molecule has 4 heterocycles. The van der Waals surface area contributed by atoms with E-state index in [0.29, 0.717) is 25.6 Å². The largest absolute Gasteiger partial charge is 0.369 e. The zero-order valence-corrected chi connectivity index (χ0v) is 16.9. The van der Waals surface area contributed by atoms with Crippen molar-refractivity contribution in [1.29, 1.82) is 0 Å². The van der Waals surface area contributed by atoms with Crippen molar-refractivity contribution in [1.82, 2.24) is 24.2 Å². The van der Waals surface area contributed by atoms with E-state index in [1.165, 1.54) is 29.0 Å². The zero-order valence-electron chi connectivity index (χ0n) is 15.3. The van der Waals surface area contributed by atoms with Crippen molar-refractivity contribution in [3.63, 3.8) is 0 Å². The molecule has 0 spiro atoms. The summed E-state index contributed by atoms with van der Waals surface area (Å²) >= 11 is 5.78. The molecule has 0 radical (unpaired) electrons. The number of nitrogens with one attached hydrogen (secondary N) is 2. The van der Waals surface area contributed by atoms with Crippen LogP contribution in [-0.2, 0) is 10.0 Å². The molecule has 0 aliphatic carbocycles. The number of nitrogens with zero attached hydrogens (tertiary/aromatic N) is 4. The second-order valence-corrected chi connectivity index (χ2v) is 9.37. The highest BCUT2D eigenvalue weighted by molar-refractivity contribution is 7.89. The van der Waals surface area contributed by atoms with Crippen LogP contribution in [0.5, 0.6) is 0 Å². The van der Waals surface area contributed by atoms with Crippen molar-refractivity contribution in [3.8, 4) is 0 Å². The molecule has 1 fully saturated rings. The Balaban J connectivity index is 1.49. The fourth-order valence-electron chi connectivity index (χ4n) is 3.51. The van der Waals surface area contributed by atoms with Gasteiger partial charge in [0.1, 0.15) is 27.8 Å². The number of aromatic nitrogens is 4. The first-order valence-corrected chi connectivity index (χ1v) is 10.9. The van der Waals surface area contributed by atoms with Crippen LogP contribution in [-0.4, -0.2) is 52.3 Å². The minimum Gasteiger partial charge on any atom is -0.369 e. The number of hydrogen-bond donors (Lipinski definition) is 2. The summed E-state index contributed by atoms with van der Waals surface area (Å²) in [5.74, 6) is 1.30. The van der Waals surface area contributed by atoms with Gasteiger partial charge in [-0.05, 0) is 36.5 Å². The van der Waals surface area contributed by atoms with Crippen molar-refractivity contribution in [2.75, 3.05) is 25.0 Å². The van der Waals surface area contributed by atoms with Gasteiger partial charge < -0.3 is 10.3 Å². The number of halogens is 1.